The van der Waals surface area contributed by atoms with Crippen molar-refractivity contribution in [3.63, 3.8) is 0 Å². The van der Waals surface area contributed by atoms with Crippen LogP contribution >= 0.6 is 0 Å². The Morgan fingerprint density at radius 1 is 0.558 bits per heavy atom. The van der Waals surface area contributed by atoms with Crippen molar-refractivity contribution < 1.29 is 4.79 Å². The fourth-order valence-corrected chi connectivity index (χ4v) is 8.27. The molecule has 0 aromatic heterocycles. The van der Waals surface area contributed by atoms with E-state index in [9.17, 15) is 4.79 Å². The molecule has 0 saturated carbocycles. The normalized spacial score (nSPS) is 14.2. The number of unbranched alkanes of at least 4 members (excludes halogenated alkanes) is 27. The lowest BCUT2D eigenvalue weighted by Crippen LogP contribution is -2.24. The summed E-state index contributed by atoms with van der Waals surface area (Å²) in [5.74, 6) is 0.672. The van der Waals surface area contributed by atoms with Crippen LogP contribution < -0.4 is 5.32 Å². The van der Waals surface area contributed by atoms with Crippen LogP contribution in [0.3, 0.4) is 0 Å². The standard InChI is InChI=1S/C50H87NO/c1-4-6-8-10-12-14-16-18-20-22-24-27-31-37-46(36-30-26-23-21-19-17-15-13-11-9-7-5-2)38-32-28-25-29-35-43-51-50(52)42-41-47-44-45(3)48-39-33-34-40-49(47)48/h33-34,38-40,44-45H,4-32,35-37,41-43H2,1-3H3,(H,51,52). The molecule has 0 saturated heterocycles. The summed E-state index contributed by atoms with van der Waals surface area (Å²) in [5, 5.41) is 3.19. The van der Waals surface area contributed by atoms with E-state index >= 15 is 0 Å². The van der Waals surface area contributed by atoms with Gasteiger partial charge in [0, 0.05) is 18.9 Å². The maximum Gasteiger partial charge on any atom is 0.220 e. The molecule has 0 aliphatic heterocycles. The number of rotatable bonds is 37. The van der Waals surface area contributed by atoms with Crippen LogP contribution in [-0.2, 0) is 4.79 Å². The predicted molar refractivity (Wildman–Crippen MR) is 232 cm³/mol. The first-order chi connectivity index (χ1) is 25.7. The van der Waals surface area contributed by atoms with Gasteiger partial charge in [-0.25, -0.2) is 0 Å². The summed E-state index contributed by atoms with van der Waals surface area (Å²) in [7, 11) is 0. The van der Waals surface area contributed by atoms with E-state index in [4.69, 9.17) is 0 Å². The number of carbonyl (C=O) groups excluding carboxylic acids is 1. The Labute approximate surface area is 325 Å². The molecule has 1 aromatic carbocycles. The zero-order valence-corrected chi connectivity index (χ0v) is 35.2. The second-order valence-corrected chi connectivity index (χ2v) is 16.6. The van der Waals surface area contributed by atoms with E-state index in [0.29, 0.717) is 12.3 Å². The van der Waals surface area contributed by atoms with E-state index in [1.54, 1.807) is 5.57 Å². The molecule has 1 aliphatic rings. The summed E-state index contributed by atoms with van der Waals surface area (Å²) in [5.41, 5.74) is 5.86. The molecule has 0 radical (unpaired) electrons. The third kappa shape index (κ3) is 24.5. The highest BCUT2D eigenvalue weighted by molar-refractivity contribution is 5.81. The lowest BCUT2D eigenvalue weighted by molar-refractivity contribution is -0.120. The first-order valence-corrected chi connectivity index (χ1v) is 23.4. The van der Waals surface area contributed by atoms with Crippen molar-refractivity contribution in [2.75, 3.05) is 6.54 Å². The first kappa shape index (κ1) is 46.3. The van der Waals surface area contributed by atoms with E-state index in [1.807, 2.05) is 0 Å². The minimum atomic E-state index is 0.205. The highest BCUT2D eigenvalue weighted by atomic mass is 16.1. The van der Waals surface area contributed by atoms with Crippen LogP contribution in [0.5, 0.6) is 0 Å². The van der Waals surface area contributed by atoms with Crippen LogP contribution in [0.15, 0.2) is 42.0 Å². The van der Waals surface area contributed by atoms with Gasteiger partial charge in [0.05, 0.1) is 0 Å². The molecule has 0 bridgehead atoms. The Balaban J connectivity index is 1.55. The Kier molecular flexibility index (Phi) is 30.0. The van der Waals surface area contributed by atoms with E-state index in [2.05, 4.69) is 62.5 Å². The summed E-state index contributed by atoms with van der Waals surface area (Å²) in [6.45, 7) is 7.69. The number of hydrogen-bond acceptors (Lipinski definition) is 1. The number of hydrogen-bond donors (Lipinski definition) is 1. The monoisotopic (exact) mass is 718 g/mol. The quantitative estimate of drug-likeness (QED) is 0.0539. The lowest BCUT2D eigenvalue weighted by atomic mass is 9.97. The van der Waals surface area contributed by atoms with Crippen molar-refractivity contribution in [1.29, 1.82) is 0 Å². The number of carbonyl (C=O) groups is 1. The fraction of sp³-hybridized carbons (Fsp3) is 0.780. The fourth-order valence-electron chi connectivity index (χ4n) is 8.27. The summed E-state index contributed by atoms with van der Waals surface area (Å²) in [6, 6.07) is 8.66. The first-order valence-electron chi connectivity index (χ1n) is 23.4. The number of benzene rings is 1. The maximum absolute atomic E-state index is 12.5. The van der Waals surface area contributed by atoms with Gasteiger partial charge in [-0.15, -0.1) is 0 Å². The molecule has 1 amide bonds. The molecule has 0 spiro atoms. The molecule has 2 heteroatoms. The molecule has 1 N–H and O–H groups in total. The van der Waals surface area contributed by atoms with Gasteiger partial charge in [-0.2, -0.15) is 0 Å². The third-order valence-electron chi connectivity index (χ3n) is 11.7. The third-order valence-corrected chi connectivity index (χ3v) is 11.7. The van der Waals surface area contributed by atoms with Crippen molar-refractivity contribution in [3.8, 4) is 0 Å². The van der Waals surface area contributed by atoms with Gasteiger partial charge in [0.15, 0.2) is 0 Å². The largest absolute Gasteiger partial charge is 0.356 e. The summed E-state index contributed by atoms with van der Waals surface area (Å²) in [4.78, 5) is 12.5. The average molecular weight is 718 g/mol. The van der Waals surface area contributed by atoms with Crippen molar-refractivity contribution >= 4 is 11.5 Å². The minimum Gasteiger partial charge on any atom is -0.356 e. The van der Waals surface area contributed by atoms with E-state index < -0.39 is 0 Å². The van der Waals surface area contributed by atoms with Crippen molar-refractivity contribution in [1.82, 2.24) is 5.32 Å². The van der Waals surface area contributed by atoms with Crippen LogP contribution in [0.1, 0.15) is 256 Å². The Hall–Kier alpha value is -1.83. The van der Waals surface area contributed by atoms with Crippen LogP contribution in [-0.4, -0.2) is 12.5 Å². The molecule has 52 heavy (non-hydrogen) atoms. The molecule has 2 rings (SSSR count). The Morgan fingerprint density at radius 2 is 1.00 bits per heavy atom. The molecule has 0 heterocycles. The van der Waals surface area contributed by atoms with Crippen molar-refractivity contribution in [2.24, 2.45) is 0 Å². The average Bonchev–Trinajstić information content (AvgIpc) is 3.48. The van der Waals surface area contributed by atoms with Gasteiger partial charge in [-0.05, 0) is 68.1 Å². The maximum atomic E-state index is 12.5. The predicted octanol–water partition coefficient (Wildman–Crippen LogP) is 16.5. The molecular formula is C50H87NO. The summed E-state index contributed by atoms with van der Waals surface area (Å²) < 4.78 is 0. The highest BCUT2D eigenvalue weighted by Crippen LogP contribution is 2.37. The van der Waals surface area contributed by atoms with Crippen LogP contribution in [0.2, 0.25) is 0 Å². The number of nitrogens with one attached hydrogen (secondary N) is 1. The molecule has 1 unspecified atom stereocenters. The molecule has 1 aliphatic carbocycles. The second-order valence-electron chi connectivity index (χ2n) is 16.6. The molecule has 1 aromatic rings. The molecule has 0 fully saturated rings. The number of fused-ring (bicyclic) bond motifs is 1. The molecule has 298 valence electrons. The highest BCUT2D eigenvalue weighted by Gasteiger charge is 2.19. The van der Waals surface area contributed by atoms with E-state index in [1.165, 1.54) is 216 Å². The van der Waals surface area contributed by atoms with Crippen LogP contribution in [0.4, 0.5) is 0 Å². The molecule has 2 nitrogen and oxygen atoms in total. The molecular weight excluding hydrogens is 631 g/mol. The lowest BCUT2D eigenvalue weighted by Gasteiger charge is -2.09. The van der Waals surface area contributed by atoms with Crippen LogP contribution in [0, 0.1) is 0 Å². The Morgan fingerprint density at radius 3 is 1.52 bits per heavy atom. The number of allylic oxidation sites excluding steroid dienone is 4. The zero-order chi connectivity index (χ0) is 37.2. The van der Waals surface area contributed by atoms with Crippen molar-refractivity contribution in [3.05, 3.63) is 53.1 Å². The van der Waals surface area contributed by atoms with Gasteiger partial charge in [0.1, 0.15) is 0 Å². The smallest absolute Gasteiger partial charge is 0.220 e. The molecule has 1 atom stereocenters. The van der Waals surface area contributed by atoms with Gasteiger partial charge in [-0.3, -0.25) is 4.79 Å². The van der Waals surface area contributed by atoms with Gasteiger partial charge in [-0.1, -0.05) is 223 Å². The number of amides is 1. The van der Waals surface area contributed by atoms with Gasteiger partial charge in [0.2, 0.25) is 5.91 Å². The Bertz CT molecular complexity index is 1040. The van der Waals surface area contributed by atoms with Gasteiger partial charge in [0.25, 0.3) is 0 Å². The summed E-state index contributed by atoms with van der Waals surface area (Å²) >= 11 is 0. The second kappa shape index (κ2) is 33.7. The van der Waals surface area contributed by atoms with Gasteiger partial charge < -0.3 is 5.32 Å². The van der Waals surface area contributed by atoms with E-state index in [0.717, 1.165) is 19.4 Å². The zero-order valence-electron chi connectivity index (χ0n) is 35.2. The van der Waals surface area contributed by atoms with Gasteiger partial charge >= 0.3 is 0 Å². The SMILES string of the molecule is CCCCCCCCCCCCCCCC(=CCCCCCCNC(=O)CCC1=CC(C)c2ccccc21)CCCCCCCCCCCCCC. The van der Waals surface area contributed by atoms with Crippen molar-refractivity contribution in [2.45, 2.75) is 245 Å². The van der Waals surface area contributed by atoms with E-state index in [-0.39, 0.29) is 5.91 Å². The topological polar surface area (TPSA) is 29.1 Å². The van der Waals surface area contributed by atoms with Crippen LogP contribution in [0.25, 0.3) is 5.57 Å². The minimum absolute atomic E-state index is 0.205. The summed E-state index contributed by atoms with van der Waals surface area (Å²) in [6.07, 6.45) is 51.1.